The molecule has 114 valence electrons. The number of aromatic amines is 1. The Morgan fingerprint density at radius 3 is 3.09 bits per heavy atom. The second-order valence-corrected chi connectivity index (χ2v) is 5.87. The van der Waals surface area contributed by atoms with Crippen LogP contribution in [-0.2, 0) is 17.8 Å². The minimum atomic E-state index is 0.341. The van der Waals surface area contributed by atoms with Crippen LogP contribution in [-0.4, -0.2) is 33.2 Å². The van der Waals surface area contributed by atoms with Gasteiger partial charge in [-0.15, -0.1) is 5.10 Å². The molecule has 0 spiro atoms. The molecule has 0 aliphatic carbocycles. The fraction of sp³-hybridized carbons (Fsp3) is 0.333. The number of H-pyrrole nitrogens is 1. The largest absolute Gasteiger partial charge is 0.377 e. The molecule has 6 nitrogen and oxygen atoms in total. The number of fused-ring (bicyclic) bond motifs is 1. The Bertz CT molecular complexity index is 792. The molecule has 0 radical (unpaired) electrons. The first-order valence-corrected chi connectivity index (χ1v) is 7.63. The van der Waals surface area contributed by atoms with E-state index in [2.05, 4.69) is 20.6 Å². The van der Waals surface area contributed by atoms with Crippen molar-refractivity contribution in [2.24, 2.45) is 0 Å². The van der Waals surface area contributed by atoms with Gasteiger partial charge in [0.1, 0.15) is 6.04 Å². The SMILES string of the molecule is Clc1cccc2[nH]cc(CNCc3cn(C4COC4)nn3)c12. The standard InChI is InChI=1S/C15H16ClN5O/c16-13-2-1-3-14-15(13)10(5-18-14)4-17-6-11-7-21(20-19-11)12-8-22-9-12/h1-3,5,7,12,17-18H,4,6,8-9H2. The van der Waals surface area contributed by atoms with E-state index in [4.69, 9.17) is 16.3 Å². The van der Waals surface area contributed by atoms with Crippen LogP contribution in [0.3, 0.4) is 0 Å². The highest BCUT2D eigenvalue weighted by molar-refractivity contribution is 6.35. The van der Waals surface area contributed by atoms with E-state index in [1.165, 1.54) is 0 Å². The van der Waals surface area contributed by atoms with E-state index >= 15 is 0 Å². The molecule has 0 amide bonds. The van der Waals surface area contributed by atoms with Crippen LogP contribution in [0.4, 0.5) is 0 Å². The number of aromatic nitrogens is 4. The summed E-state index contributed by atoms with van der Waals surface area (Å²) in [6.07, 6.45) is 3.97. The number of nitrogens with zero attached hydrogens (tertiary/aromatic N) is 3. The molecule has 3 aromatic rings. The molecule has 2 N–H and O–H groups in total. The number of hydrogen-bond acceptors (Lipinski definition) is 4. The third kappa shape index (κ3) is 2.49. The van der Waals surface area contributed by atoms with Gasteiger partial charge in [0.2, 0.25) is 0 Å². The Labute approximate surface area is 132 Å². The smallest absolute Gasteiger partial charge is 0.100 e. The number of benzene rings is 1. The van der Waals surface area contributed by atoms with Crippen LogP contribution in [0.25, 0.3) is 10.9 Å². The zero-order valence-electron chi connectivity index (χ0n) is 11.9. The molecule has 0 saturated carbocycles. The first-order chi connectivity index (χ1) is 10.8. The Morgan fingerprint density at radius 1 is 1.36 bits per heavy atom. The second kappa shape index (κ2) is 5.72. The molecule has 0 atom stereocenters. The highest BCUT2D eigenvalue weighted by Gasteiger charge is 2.21. The molecule has 1 aliphatic rings. The highest BCUT2D eigenvalue weighted by Crippen LogP contribution is 2.26. The fourth-order valence-corrected chi connectivity index (χ4v) is 2.92. The highest BCUT2D eigenvalue weighted by atomic mass is 35.5. The van der Waals surface area contributed by atoms with Crippen molar-refractivity contribution in [1.82, 2.24) is 25.3 Å². The van der Waals surface area contributed by atoms with Crippen molar-refractivity contribution < 1.29 is 4.74 Å². The lowest BCUT2D eigenvalue weighted by molar-refractivity contribution is -0.0293. The molecule has 0 bridgehead atoms. The topological polar surface area (TPSA) is 67.8 Å². The third-order valence-electron chi connectivity index (χ3n) is 3.91. The van der Waals surface area contributed by atoms with Gasteiger partial charge in [-0.05, 0) is 17.7 Å². The molecule has 3 heterocycles. The molecule has 7 heteroatoms. The summed E-state index contributed by atoms with van der Waals surface area (Å²) in [5, 5.41) is 13.5. The summed E-state index contributed by atoms with van der Waals surface area (Å²) >= 11 is 6.27. The van der Waals surface area contributed by atoms with E-state index in [0.717, 1.165) is 46.9 Å². The molecule has 0 unspecified atom stereocenters. The maximum absolute atomic E-state index is 6.27. The van der Waals surface area contributed by atoms with Crippen LogP contribution < -0.4 is 5.32 Å². The molecule has 1 fully saturated rings. The van der Waals surface area contributed by atoms with E-state index in [-0.39, 0.29) is 0 Å². The van der Waals surface area contributed by atoms with Crippen molar-refractivity contribution in [1.29, 1.82) is 0 Å². The van der Waals surface area contributed by atoms with Gasteiger partial charge in [0.05, 0.1) is 30.1 Å². The van der Waals surface area contributed by atoms with Crippen molar-refractivity contribution in [3.63, 3.8) is 0 Å². The van der Waals surface area contributed by atoms with E-state index < -0.39 is 0 Å². The summed E-state index contributed by atoms with van der Waals surface area (Å²) in [5.41, 5.74) is 3.14. The maximum Gasteiger partial charge on any atom is 0.100 e. The number of nitrogens with one attached hydrogen (secondary N) is 2. The van der Waals surface area contributed by atoms with Crippen LogP contribution in [0.15, 0.2) is 30.6 Å². The molecule has 1 aliphatic heterocycles. The molecule has 1 saturated heterocycles. The predicted molar refractivity (Wildman–Crippen MR) is 83.7 cm³/mol. The number of hydrogen-bond donors (Lipinski definition) is 2. The third-order valence-corrected chi connectivity index (χ3v) is 4.23. The van der Waals surface area contributed by atoms with Crippen molar-refractivity contribution >= 4 is 22.5 Å². The Hall–Kier alpha value is -1.89. The predicted octanol–water partition coefficient (Wildman–Crippen LogP) is 2.27. The minimum absolute atomic E-state index is 0.341. The van der Waals surface area contributed by atoms with Gasteiger partial charge >= 0.3 is 0 Å². The first-order valence-electron chi connectivity index (χ1n) is 7.25. The number of ether oxygens (including phenoxy) is 1. The zero-order chi connectivity index (χ0) is 14.9. The molecule has 2 aromatic heterocycles. The normalized spacial score (nSPS) is 15.3. The number of rotatable bonds is 5. The Morgan fingerprint density at radius 2 is 2.27 bits per heavy atom. The average molecular weight is 318 g/mol. The van der Waals surface area contributed by atoms with Gasteiger partial charge in [0.15, 0.2) is 0 Å². The quantitative estimate of drug-likeness (QED) is 0.757. The summed E-state index contributed by atoms with van der Waals surface area (Å²) in [7, 11) is 0. The van der Waals surface area contributed by atoms with Crippen LogP contribution in [0.2, 0.25) is 5.02 Å². The summed E-state index contributed by atoms with van der Waals surface area (Å²) in [5.74, 6) is 0. The zero-order valence-corrected chi connectivity index (χ0v) is 12.7. The van der Waals surface area contributed by atoms with E-state index in [0.29, 0.717) is 12.6 Å². The van der Waals surface area contributed by atoms with Crippen molar-refractivity contribution in [3.05, 3.63) is 46.9 Å². The van der Waals surface area contributed by atoms with Crippen molar-refractivity contribution in [2.75, 3.05) is 13.2 Å². The van der Waals surface area contributed by atoms with Crippen LogP contribution in [0.5, 0.6) is 0 Å². The second-order valence-electron chi connectivity index (χ2n) is 5.46. The fourth-order valence-electron chi connectivity index (χ4n) is 2.62. The van der Waals surface area contributed by atoms with Gasteiger partial charge < -0.3 is 15.0 Å². The molecule has 22 heavy (non-hydrogen) atoms. The maximum atomic E-state index is 6.27. The van der Waals surface area contributed by atoms with Crippen LogP contribution >= 0.6 is 11.6 Å². The summed E-state index contributed by atoms with van der Waals surface area (Å²) in [4.78, 5) is 3.24. The van der Waals surface area contributed by atoms with Gasteiger partial charge in [0.25, 0.3) is 0 Å². The summed E-state index contributed by atoms with van der Waals surface area (Å²) in [6.45, 7) is 2.85. The summed E-state index contributed by atoms with van der Waals surface area (Å²) < 4.78 is 7.04. The average Bonchev–Trinajstić information content (AvgIpc) is 3.06. The molecule has 4 rings (SSSR count). The monoisotopic (exact) mass is 317 g/mol. The van der Waals surface area contributed by atoms with Crippen molar-refractivity contribution in [3.8, 4) is 0 Å². The lowest BCUT2D eigenvalue weighted by Crippen LogP contribution is -2.31. The van der Waals surface area contributed by atoms with Gasteiger partial charge in [-0.1, -0.05) is 22.9 Å². The van der Waals surface area contributed by atoms with Gasteiger partial charge in [0, 0.05) is 30.2 Å². The number of halogens is 1. The van der Waals surface area contributed by atoms with E-state index in [1.54, 1.807) is 0 Å². The van der Waals surface area contributed by atoms with Crippen molar-refractivity contribution in [2.45, 2.75) is 19.1 Å². The molecular formula is C15H16ClN5O. The van der Waals surface area contributed by atoms with Gasteiger partial charge in [-0.3, -0.25) is 0 Å². The Kier molecular flexibility index (Phi) is 3.57. The van der Waals surface area contributed by atoms with Gasteiger partial charge in [-0.2, -0.15) is 0 Å². The summed E-state index contributed by atoms with van der Waals surface area (Å²) in [6, 6.07) is 6.22. The lowest BCUT2D eigenvalue weighted by Gasteiger charge is -2.25. The Balaban J connectivity index is 1.40. The van der Waals surface area contributed by atoms with Crippen LogP contribution in [0, 0.1) is 0 Å². The first kappa shape index (κ1) is 13.8. The lowest BCUT2D eigenvalue weighted by atomic mass is 10.2. The van der Waals surface area contributed by atoms with E-state index in [9.17, 15) is 0 Å². The molecule has 1 aromatic carbocycles. The van der Waals surface area contributed by atoms with E-state index in [1.807, 2.05) is 35.3 Å². The van der Waals surface area contributed by atoms with Crippen LogP contribution in [0.1, 0.15) is 17.3 Å². The minimum Gasteiger partial charge on any atom is -0.377 e. The molecular weight excluding hydrogens is 302 g/mol. The van der Waals surface area contributed by atoms with Gasteiger partial charge in [-0.25, -0.2) is 4.68 Å².